The fraction of sp³-hybridized carbons (Fsp3) is 0.500. The summed E-state index contributed by atoms with van der Waals surface area (Å²) in [6, 6.07) is 4.33. The normalized spacial score (nSPS) is 16.2. The quantitative estimate of drug-likeness (QED) is 0.807. The molecule has 0 unspecified atom stereocenters. The summed E-state index contributed by atoms with van der Waals surface area (Å²) in [5.41, 5.74) is 5.39. The van der Waals surface area contributed by atoms with Gasteiger partial charge in [0.1, 0.15) is 0 Å². The highest BCUT2D eigenvalue weighted by Crippen LogP contribution is 2.44. The first-order valence-electron chi connectivity index (χ1n) is 6.16. The number of aryl methyl sites for hydroxylation is 1. The van der Waals surface area contributed by atoms with Crippen LogP contribution in [-0.4, -0.2) is 10.2 Å². The highest BCUT2D eigenvalue weighted by molar-refractivity contribution is 5.87. The maximum Gasteiger partial charge on any atom is 0.0926 e. The van der Waals surface area contributed by atoms with Gasteiger partial charge in [0.25, 0.3) is 0 Å². The molecular formula is C14H18N2. The molecule has 84 valence electrons. The van der Waals surface area contributed by atoms with Crippen molar-refractivity contribution in [1.29, 1.82) is 0 Å². The Balaban J connectivity index is 2.33. The van der Waals surface area contributed by atoms with Gasteiger partial charge in [0.15, 0.2) is 0 Å². The Morgan fingerprint density at radius 1 is 1.31 bits per heavy atom. The van der Waals surface area contributed by atoms with Gasteiger partial charge in [0.2, 0.25) is 0 Å². The van der Waals surface area contributed by atoms with Crippen molar-refractivity contribution in [2.75, 3.05) is 0 Å². The summed E-state index contributed by atoms with van der Waals surface area (Å²) in [5.74, 6) is 1.31. The molecule has 0 radical (unpaired) electrons. The summed E-state index contributed by atoms with van der Waals surface area (Å²) in [6.07, 6.45) is 2.64. The number of H-pyrrole nitrogens is 1. The standard InChI is InChI=1S/C14H18N2/c1-8(2)12-9(3)4-7-11-13(12)14(16-15-11)10-5-6-10/h4,7-8,10H,5-6H2,1-3H3,(H,15,16). The van der Waals surface area contributed by atoms with Gasteiger partial charge in [-0.25, -0.2) is 0 Å². The SMILES string of the molecule is Cc1ccc2n[nH]c(C3CC3)c2c1C(C)C. The van der Waals surface area contributed by atoms with E-state index in [1.807, 2.05) is 0 Å². The predicted molar refractivity (Wildman–Crippen MR) is 66.9 cm³/mol. The second-order valence-corrected chi connectivity index (χ2v) is 5.26. The topological polar surface area (TPSA) is 28.7 Å². The largest absolute Gasteiger partial charge is 0.281 e. The highest BCUT2D eigenvalue weighted by atomic mass is 15.1. The lowest BCUT2D eigenvalue weighted by Gasteiger charge is -2.12. The summed E-state index contributed by atoms with van der Waals surface area (Å²) in [6.45, 7) is 6.75. The molecule has 0 aliphatic heterocycles. The monoisotopic (exact) mass is 214 g/mol. The second kappa shape index (κ2) is 3.34. The summed E-state index contributed by atoms with van der Waals surface area (Å²) < 4.78 is 0. The summed E-state index contributed by atoms with van der Waals surface area (Å²) in [5, 5.41) is 9.09. The van der Waals surface area contributed by atoms with Crippen molar-refractivity contribution in [3.63, 3.8) is 0 Å². The molecule has 1 aromatic heterocycles. The predicted octanol–water partition coefficient (Wildman–Crippen LogP) is 3.87. The molecule has 1 fully saturated rings. The number of aromatic nitrogens is 2. The lowest BCUT2D eigenvalue weighted by atomic mass is 9.92. The number of nitrogens with zero attached hydrogens (tertiary/aromatic N) is 1. The van der Waals surface area contributed by atoms with Crippen molar-refractivity contribution in [2.24, 2.45) is 0 Å². The lowest BCUT2D eigenvalue weighted by molar-refractivity contribution is 0.864. The van der Waals surface area contributed by atoms with Gasteiger partial charge in [0, 0.05) is 17.0 Å². The van der Waals surface area contributed by atoms with Crippen molar-refractivity contribution < 1.29 is 0 Å². The van der Waals surface area contributed by atoms with Crippen molar-refractivity contribution in [3.05, 3.63) is 29.0 Å². The van der Waals surface area contributed by atoms with Gasteiger partial charge in [-0.3, -0.25) is 5.10 Å². The van der Waals surface area contributed by atoms with Gasteiger partial charge in [-0.15, -0.1) is 0 Å². The average Bonchev–Trinajstić information content (AvgIpc) is 2.99. The van der Waals surface area contributed by atoms with Crippen LogP contribution in [0.1, 0.15) is 55.3 Å². The van der Waals surface area contributed by atoms with Crippen molar-refractivity contribution >= 4 is 10.9 Å². The van der Waals surface area contributed by atoms with E-state index in [-0.39, 0.29) is 0 Å². The van der Waals surface area contributed by atoms with Crippen LogP contribution in [0, 0.1) is 6.92 Å². The Morgan fingerprint density at radius 2 is 2.06 bits per heavy atom. The maximum atomic E-state index is 4.44. The van der Waals surface area contributed by atoms with E-state index in [1.54, 1.807) is 0 Å². The first-order valence-corrected chi connectivity index (χ1v) is 6.16. The molecule has 16 heavy (non-hydrogen) atoms. The van der Waals surface area contributed by atoms with Crippen molar-refractivity contribution in [2.45, 2.75) is 45.4 Å². The number of fused-ring (bicyclic) bond motifs is 1. The zero-order chi connectivity index (χ0) is 11.3. The smallest absolute Gasteiger partial charge is 0.0926 e. The van der Waals surface area contributed by atoms with E-state index >= 15 is 0 Å². The van der Waals surface area contributed by atoms with E-state index in [9.17, 15) is 0 Å². The Hall–Kier alpha value is -1.31. The number of hydrogen-bond donors (Lipinski definition) is 1. The molecule has 0 spiro atoms. The van der Waals surface area contributed by atoms with Crippen molar-refractivity contribution in [1.82, 2.24) is 10.2 Å². The van der Waals surface area contributed by atoms with Gasteiger partial charge in [-0.1, -0.05) is 19.9 Å². The molecule has 1 aliphatic rings. The molecule has 0 atom stereocenters. The minimum atomic E-state index is 0.568. The Labute approximate surface area is 96.1 Å². The van der Waals surface area contributed by atoms with Crippen LogP contribution in [0.15, 0.2) is 12.1 Å². The number of rotatable bonds is 2. The summed E-state index contributed by atoms with van der Waals surface area (Å²) in [4.78, 5) is 0. The summed E-state index contributed by atoms with van der Waals surface area (Å²) >= 11 is 0. The van der Waals surface area contributed by atoms with Gasteiger partial charge in [-0.05, 0) is 42.9 Å². The van der Waals surface area contributed by atoms with Crippen LogP contribution in [0.4, 0.5) is 0 Å². The Bertz CT molecular complexity index is 533. The minimum Gasteiger partial charge on any atom is -0.281 e. The van der Waals surface area contributed by atoms with Gasteiger partial charge >= 0.3 is 0 Å². The van der Waals surface area contributed by atoms with Crippen LogP contribution >= 0.6 is 0 Å². The third-order valence-electron chi connectivity index (χ3n) is 3.57. The van der Waals surface area contributed by atoms with E-state index in [0.717, 1.165) is 11.4 Å². The minimum absolute atomic E-state index is 0.568. The van der Waals surface area contributed by atoms with Gasteiger partial charge in [0.05, 0.1) is 5.52 Å². The van der Waals surface area contributed by atoms with Crippen LogP contribution in [0.3, 0.4) is 0 Å². The molecule has 1 aromatic carbocycles. The third kappa shape index (κ3) is 1.36. The Morgan fingerprint density at radius 3 is 2.69 bits per heavy atom. The van der Waals surface area contributed by atoms with E-state index in [1.165, 1.54) is 35.0 Å². The van der Waals surface area contributed by atoms with Crippen LogP contribution in [0.25, 0.3) is 10.9 Å². The fourth-order valence-electron chi connectivity index (χ4n) is 2.68. The zero-order valence-electron chi connectivity index (χ0n) is 10.2. The van der Waals surface area contributed by atoms with Crippen LogP contribution in [0.2, 0.25) is 0 Å². The van der Waals surface area contributed by atoms with E-state index in [0.29, 0.717) is 5.92 Å². The average molecular weight is 214 g/mol. The molecule has 2 aromatic rings. The maximum absolute atomic E-state index is 4.44. The fourth-order valence-corrected chi connectivity index (χ4v) is 2.68. The summed E-state index contributed by atoms with van der Waals surface area (Å²) in [7, 11) is 0. The zero-order valence-corrected chi connectivity index (χ0v) is 10.2. The number of aromatic amines is 1. The number of nitrogens with one attached hydrogen (secondary N) is 1. The number of hydrogen-bond acceptors (Lipinski definition) is 1. The molecule has 3 rings (SSSR count). The van der Waals surface area contributed by atoms with Gasteiger partial charge < -0.3 is 0 Å². The third-order valence-corrected chi connectivity index (χ3v) is 3.57. The molecule has 2 nitrogen and oxygen atoms in total. The van der Waals surface area contributed by atoms with E-state index in [4.69, 9.17) is 0 Å². The molecule has 1 N–H and O–H groups in total. The molecule has 1 saturated carbocycles. The molecule has 0 amide bonds. The highest BCUT2D eigenvalue weighted by Gasteiger charge is 2.29. The lowest BCUT2D eigenvalue weighted by Crippen LogP contribution is -1.94. The molecule has 1 aliphatic carbocycles. The molecule has 0 bridgehead atoms. The molecular weight excluding hydrogens is 196 g/mol. The van der Waals surface area contributed by atoms with E-state index < -0.39 is 0 Å². The first-order chi connectivity index (χ1) is 7.68. The Kier molecular flexibility index (Phi) is 2.06. The van der Waals surface area contributed by atoms with Crippen LogP contribution in [0.5, 0.6) is 0 Å². The van der Waals surface area contributed by atoms with Crippen LogP contribution in [-0.2, 0) is 0 Å². The second-order valence-electron chi connectivity index (χ2n) is 5.26. The van der Waals surface area contributed by atoms with Crippen molar-refractivity contribution in [3.8, 4) is 0 Å². The first kappa shape index (κ1) is 9.88. The van der Waals surface area contributed by atoms with Crippen LogP contribution < -0.4 is 0 Å². The van der Waals surface area contributed by atoms with E-state index in [2.05, 4.69) is 43.1 Å². The molecule has 2 heteroatoms. The molecule has 0 saturated heterocycles. The number of benzene rings is 1. The molecule has 1 heterocycles. The van der Waals surface area contributed by atoms with Gasteiger partial charge in [-0.2, -0.15) is 5.10 Å².